The molecule has 0 atom stereocenters. The number of nitrogen functional groups attached to an aromatic ring is 1. The molecule has 3 aromatic heterocycles. The fraction of sp³-hybridized carbons (Fsp3) is 0.526. The van der Waals surface area contributed by atoms with Gasteiger partial charge in [-0.05, 0) is 20.8 Å². The van der Waals surface area contributed by atoms with Gasteiger partial charge in [0, 0.05) is 19.2 Å². The van der Waals surface area contributed by atoms with Crippen LogP contribution in [0, 0.1) is 0 Å². The molecule has 27 heavy (non-hydrogen) atoms. The quantitative estimate of drug-likeness (QED) is 0.560. The molecular formula is C19H30N7O+. The summed E-state index contributed by atoms with van der Waals surface area (Å²) in [5.41, 5.74) is 10.1. The van der Waals surface area contributed by atoms with Gasteiger partial charge in [-0.25, -0.2) is 9.25 Å². The van der Waals surface area contributed by atoms with Gasteiger partial charge in [0.2, 0.25) is 17.8 Å². The number of nitrogens with two attached hydrogens (primary N) is 1. The summed E-state index contributed by atoms with van der Waals surface area (Å²) in [5, 5.41) is 9.84. The Kier molecular flexibility index (Phi) is 6.30. The van der Waals surface area contributed by atoms with Crippen LogP contribution in [0.15, 0.2) is 15.8 Å². The predicted octanol–water partition coefficient (Wildman–Crippen LogP) is 3.10. The number of anilines is 1. The van der Waals surface area contributed by atoms with Crippen LogP contribution in [-0.4, -0.2) is 32.7 Å². The topological polar surface area (TPSA) is 99.0 Å². The Morgan fingerprint density at radius 3 is 2.56 bits per heavy atom. The summed E-state index contributed by atoms with van der Waals surface area (Å²) in [6.07, 6.45) is 2.42. The largest absolute Gasteiger partial charge is 0.360 e. The molecule has 3 rings (SSSR count). The highest BCUT2D eigenvalue weighted by atomic mass is 16.5. The molecule has 0 spiro atoms. The van der Waals surface area contributed by atoms with E-state index in [1.807, 2.05) is 39.4 Å². The van der Waals surface area contributed by atoms with Gasteiger partial charge in [0.25, 0.3) is 0 Å². The van der Waals surface area contributed by atoms with Crippen LogP contribution in [0.2, 0.25) is 0 Å². The maximum absolute atomic E-state index is 6.35. The molecule has 0 saturated carbocycles. The first-order valence-electron chi connectivity index (χ1n) is 9.35. The van der Waals surface area contributed by atoms with Gasteiger partial charge in [-0.1, -0.05) is 30.9 Å². The molecule has 0 saturated heterocycles. The average Bonchev–Trinajstić information content (AvgIpc) is 3.27. The van der Waals surface area contributed by atoms with E-state index < -0.39 is 0 Å². The minimum atomic E-state index is 0.137. The third-order valence-electron chi connectivity index (χ3n) is 4.37. The number of nitrogens with zero attached hydrogens (tertiary/aromatic N) is 6. The summed E-state index contributed by atoms with van der Waals surface area (Å²) in [6.45, 7) is 12.1. The van der Waals surface area contributed by atoms with Crippen molar-refractivity contribution in [2.24, 2.45) is 12.0 Å². The molecule has 0 bridgehead atoms. The van der Waals surface area contributed by atoms with Crippen molar-refractivity contribution < 1.29 is 9.09 Å². The van der Waals surface area contributed by atoms with Crippen LogP contribution in [0.1, 0.15) is 58.9 Å². The van der Waals surface area contributed by atoms with E-state index in [1.165, 1.54) is 0 Å². The minimum absolute atomic E-state index is 0.137. The van der Waals surface area contributed by atoms with Crippen molar-refractivity contribution in [3.05, 3.63) is 17.7 Å². The molecule has 2 N–H and O–H groups in total. The summed E-state index contributed by atoms with van der Waals surface area (Å²) < 4.78 is 9.20. The fourth-order valence-corrected chi connectivity index (χ4v) is 2.90. The number of aromatic nitrogens is 5. The van der Waals surface area contributed by atoms with Crippen molar-refractivity contribution in [3.8, 4) is 11.4 Å². The summed E-state index contributed by atoms with van der Waals surface area (Å²) in [5.74, 6) is 1.38. The highest BCUT2D eigenvalue weighted by molar-refractivity contribution is 6.07. The Labute approximate surface area is 160 Å². The van der Waals surface area contributed by atoms with Crippen LogP contribution in [0.5, 0.6) is 0 Å². The van der Waals surface area contributed by atoms with E-state index in [9.17, 15) is 0 Å². The zero-order valence-corrected chi connectivity index (χ0v) is 17.5. The molecule has 0 unspecified atom stereocenters. The van der Waals surface area contributed by atoms with E-state index in [2.05, 4.69) is 29.0 Å². The van der Waals surface area contributed by atoms with E-state index in [4.69, 9.17) is 15.4 Å². The van der Waals surface area contributed by atoms with E-state index in [1.54, 1.807) is 17.9 Å². The van der Waals surface area contributed by atoms with Crippen LogP contribution in [0.25, 0.3) is 22.4 Å². The summed E-state index contributed by atoms with van der Waals surface area (Å²) in [4.78, 5) is 8.84. The second-order valence-electron chi connectivity index (χ2n) is 6.32. The molecular weight excluding hydrogens is 342 g/mol. The lowest BCUT2D eigenvalue weighted by Crippen LogP contribution is -2.32. The zero-order chi connectivity index (χ0) is 20.3. The first kappa shape index (κ1) is 20.5. The number of aryl methyl sites for hydroxylation is 2. The summed E-state index contributed by atoms with van der Waals surface area (Å²) in [6, 6.07) is 0.137. The molecule has 0 aliphatic rings. The maximum atomic E-state index is 6.35. The Hall–Kier alpha value is -2.77. The molecule has 0 aliphatic heterocycles. The monoisotopic (exact) mass is 372 g/mol. The van der Waals surface area contributed by atoms with Crippen molar-refractivity contribution >= 4 is 22.6 Å². The normalized spacial score (nSPS) is 11.8. The first-order chi connectivity index (χ1) is 12.9. The molecule has 8 heteroatoms. The van der Waals surface area contributed by atoms with Gasteiger partial charge in [-0.15, -0.1) is 0 Å². The van der Waals surface area contributed by atoms with Crippen molar-refractivity contribution in [2.45, 2.75) is 54.0 Å². The lowest BCUT2D eigenvalue weighted by molar-refractivity contribution is -0.658. The average molecular weight is 372 g/mol. The van der Waals surface area contributed by atoms with E-state index >= 15 is 0 Å². The summed E-state index contributed by atoms with van der Waals surface area (Å²) in [7, 11) is 3.62. The second kappa shape index (κ2) is 8.28. The van der Waals surface area contributed by atoms with Gasteiger partial charge in [0.05, 0.1) is 18.7 Å². The molecule has 0 aliphatic carbocycles. The van der Waals surface area contributed by atoms with Crippen molar-refractivity contribution in [2.75, 3.05) is 12.8 Å². The van der Waals surface area contributed by atoms with Crippen LogP contribution >= 0.6 is 0 Å². The molecule has 0 amide bonds. The standard InChI is InChI=1S/C17H23N7O.C2H6/c1-7-11-12(10(4)19-5)15(22-25-11)14-13-16(18)23(6)8-20-17(13)24(21-14)9(2)3;1-2/h8-9,18H,7H2,1-6H3;1-2H3/p+1. The Bertz CT molecular complexity index is 966. The van der Waals surface area contributed by atoms with E-state index in [0.717, 1.165) is 34.5 Å². The summed E-state index contributed by atoms with van der Waals surface area (Å²) >= 11 is 0. The lowest BCUT2D eigenvalue weighted by atomic mass is 10.0. The fourth-order valence-electron chi connectivity index (χ4n) is 2.90. The number of hydrogen-bond acceptors (Lipinski definition) is 6. The molecule has 3 aromatic rings. The van der Waals surface area contributed by atoms with Crippen molar-refractivity contribution in [3.63, 3.8) is 0 Å². The van der Waals surface area contributed by atoms with E-state index in [-0.39, 0.29) is 6.04 Å². The molecule has 0 aromatic carbocycles. The Morgan fingerprint density at radius 1 is 1.33 bits per heavy atom. The number of fused-ring (bicyclic) bond motifs is 1. The first-order valence-corrected chi connectivity index (χ1v) is 9.35. The van der Waals surface area contributed by atoms with Crippen molar-refractivity contribution in [1.82, 2.24) is 19.9 Å². The number of aliphatic imine (C=N–C) groups is 1. The molecule has 146 valence electrons. The SMILES string of the molecule is CC.CCc1onc(-c2nn(C(C)C)c3nc[n+](C)c(N)c23)c1C(C)=NC. The third kappa shape index (κ3) is 3.43. The van der Waals surface area contributed by atoms with Gasteiger partial charge >= 0.3 is 0 Å². The van der Waals surface area contributed by atoms with Crippen LogP contribution in [0.3, 0.4) is 0 Å². The van der Waals surface area contributed by atoms with Crippen molar-refractivity contribution in [1.29, 1.82) is 0 Å². The van der Waals surface area contributed by atoms with Crippen LogP contribution in [-0.2, 0) is 13.5 Å². The number of rotatable bonds is 4. The second-order valence-corrected chi connectivity index (χ2v) is 6.32. The zero-order valence-electron chi connectivity index (χ0n) is 17.5. The van der Waals surface area contributed by atoms with Gasteiger partial charge in [0.1, 0.15) is 22.5 Å². The van der Waals surface area contributed by atoms with E-state index in [0.29, 0.717) is 17.2 Å². The smallest absolute Gasteiger partial charge is 0.242 e. The van der Waals surface area contributed by atoms with Gasteiger partial charge in [0.15, 0.2) is 0 Å². The predicted molar refractivity (Wildman–Crippen MR) is 108 cm³/mol. The lowest BCUT2D eigenvalue weighted by Gasteiger charge is -2.04. The Morgan fingerprint density at radius 2 is 2.00 bits per heavy atom. The Balaban J connectivity index is 0.00000126. The molecule has 8 nitrogen and oxygen atoms in total. The number of hydrogen-bond donors (Lipinski definition) is 1. The highest BCUT2D eigenvalue weighted by Crippen LogP contribution is 2.34. The van der Waals surface area contributed by atoms with Gasteiger partial charge in [-0.2, -0.15) is 5.10 Å². The van der Waals surface area contributed by atoms with Gasteiger partial charge < -0.3 is 10.3 Å². The maximum Gasteiger partial charge on any atom is 0.242 e. The third-order valence-corrected chi connectivity index (χ3v) is 4.37. The highest BCUT2D eigenvalue weighted by Gasteiger charge is 2.28. The van der Waals surface area contributed by atoms with Crippen LogP contribution in [0.4, 0.5) is 5.82 Å². The van der Waals surface area contributed by atoms with Gasteiger partial charge in [-0.3, -0.25) is 4.99 Å². The van der Waals surface area contributed by atoms with Crippen LogP contribution < -0.4 is 10.3 Å². The molecule has 0 radical (unpaired) electrons. The molecule has 3 heterocycles. The minimum Gasteiger partial charge on any atom is -0.360 e. The molecule has 0 fully saturated rings.